The second-order valence-electron chi connectivity index (χ2n) is 15.8. The first-order valence-corrected chi connectivity index (χ1v) is 21.3. The van der Waals surface area contributed by atoms with Crippen LogP contribution in [0.25, 0.3) is 0 Å². The number of nitrogen functional groups attached to an aromatic ring is 1. The summed E-state index contributed by atoms with van der Waals surface area (Å²) in [7, 11) is 0. The van der Waals surface area contributed by atoms with E-state index in [1.165, 1.54) is 48.5 Å². The molecule has 0 saturated carbocycles. The number of primary amides is 2. The van der Waals surface area contributed by atoms with Crippen molar-refractivity contribution in [2.24, 2.45) is 11.5 Å². The SMILES string of the molecule is CC(F)(F)Oc1ccc(Oc2ccc3c(c2C(=O)Cl)CCC3(F)F)cc1.NC(=O)c1cc(N)ccc1F.NC(=O)c1cc(NC(=O)c2c(Oc3ccc(OC(F)(F)F)cc3)ccc3c2CCC3(F)F)ccc1F. The average molecular weight is 1050 g/mol. The largest absolute Gasteiger partial charge is 0.573 e. The molecule has 24 heteroatoms. The summed E-state index contributed by atoms with van der Waals surface area (Å²) in [5.41, 5.74) is 14.1. The summed E-state index contributed by atoms with van der Waals surface area (Å²) in [4.78, 5) is 46.9. The zero-order chi connectivity index (χ0) is 53.8. The van der Waals surface area contributed by atoms with Crippen LogP contribution in [0, 0.1) is 11.6 Å². The van der Waals surface area contributed by atoms with Crippen molar-refractivity contribution >= 4 is 45.9 Å². The third-order valence-corrected chi connectivity index (χ3v) is 10.7. The van der Waals surface area contributed by atoms with Crippen LogP contribution in [0.4, 0.5) is 59.7 Å². The Bertz CT molecular complexity index is 3080. The highest BCUT2D eigenvalue weighted by Gasteiger charge is 2.43. The second-order valence-corrected chi connectivity index (χ2v) is 16.2. The number of rotatable bonds is 12. The number of nitrogens with one attached hydrogen (secondary N) is 1. The number of halogens is 12. The van der Waals surface area contributed by atoms with E-state index < -0.39 is 83.1 Å². The lowest BCUT2D eigenvalue weighted by Crippen LogP contribution is -2.18. The lowest BCUT2D eigenvalue weighted by molar-refractivity contribution is -0.274. The van der Waals surface area contributed by atoms with E-state index >= 15 is 0 Å². The summed E-state index contributed by atoms with van der Waals surface area (Å²) in [5, 5.41) is 1.51. The molecule has 384 valence electrons. The number of amides is 3. The van der Waals surface area contributed by atoms with Gasteiger partial charge in [-0.25, -0.2) is 26.3 Å². The van der Waals surface area contributed by atoms with E-state index in [2.05, 4.69) is 14.8 Å². The molecular formula is C49H36ClF11N4O8. The van der Waals surface area contributed by atoms with Crippen molar-refractivity contribution in [3.63, 3.8) is 0 Å². The molecule has 0 aromatic heterocycles. The summed E-state index contributed by atoms with van der Waals surface area (Å²) in [6, 6.07) is 20.9. The van der Waals surface area contributed by atoms with Crippen molar-refractivity contribution < 1.29 is 86.4 Å². The Morgan fingerprint density at radius 3 is 1.45 bits per heavy atom. The monoisotopic (exact) mass is 1050 g/mol. The number of carbonyl (C=O) groups is 4. The van der Waals surface area contributed by atoms with Gasteiger partial charge in [0.05, 0.1) is 22.3 Å². The van der Waals surface area contributed by atoms with E-state index in [1.54, 1.807) is 0 Å². The maximum atomic E-state index is 14.4. The minimum absolute atomic E-state index is 0.000999. The van der Waals surface area contributed by atoms with Gasteiger partial charge in [0.15, 0.2) is 0 Å². The van der Waals surface area contributed by atoms with Crippen LogP contribution in [0.1, 0.15) is 83.5 Å². The van der Waals surface area contributed by atoms with Gasteiger partial charge in [0, 0.05) is 42.3 Å². The molecule has 0 fully saturated rings. The van der Waals surface area contributed by atoms with E-state index in [9.17, 15) is 67.5 Å². The van der Waals surface area contributed by atoms with Gasteiger partial charge in [0.25, 0.3) is 34.8 Å². The zero-order valence-corrected chi connectivity index (χ0v) is 38.0. The summed E-state index contributed by atoms with van der Waals surface area (Å²) in [6.45, 7) is 0.607. The quantitative estimate of drug-likeness (QED) is 0.0524. The Labute approximate surface area is 410 Å². The van der Waals surface area contributed by atoms with Crippen LogP contribution in [0.15, 0.2) is 109 Å². The van der Waals surface area contributed by atoms with Gasteiger partial charge in [-0.3, -0.25) is 19.2 Å². The van der Waals surface area contributed by atoms with Gasteiger partial charge >= 0.3 is 12.5 Å². The molecule has 3 amide bonds. The highest BCUT2D eigenvalue weighted by atomic mass is 35.5. The molecule has 2 aliphatic rings. The molecule has 0 heterocycles. The van der Waals surface area contributed by atoms with Crippen molar-refractivity contribution in [1.29, 1.82) is 0 Å². The standard InChI is InChI=1S/C24H16F6N2O4.C18H13ClF4O3.C7H7FN2O/c25-18-7-1-12(11-16(18)21(31)33)32-22(34)20-15-9-10-23(26,27)17(15)6-8-19(20)35-13-2-4-14(5-3-13)36-24(28,29)30;1-17(20,21)26-11-4-2-10(3-5-11)25-14-7-6-13-12(15(14)16(19)24)8-9-18(13,22)23;8-6-2-1-4(9)3-5(6)7(10)11/h1-8,11H,9-10H2,(H2,31,33)(H,32,34);2-7H,8-9H2,1H3;1-3H,9H2,(H2,10,11). The van der Waals surface area contributed by atoms with Crippen LogP contribution in [0.2, 0.25) is 0 Å². The van der Waals surface area contributed by atoms with Crippen molar-refractivity contribution in [3.8, 4) is 34.5 Å². The van der Waals surface area contributed by atoms with E-state index in [-0.39, 0.29) is 86.2 Å². The molecule has 0 bridgehead atoms. The number of fused-ring (bicyclic) bond motifs is 2. The van der Waals surface area contributed by atoms with E-state index in [1.807, 2.05) is 0 Å². The fourth-order valence-electron chi connectivity index (χ4n) is 7.39. The third kappa shape index (κ3) is 13.7. The molecule has 0 atom stereocenters. The summed E-state index contributed by atoms with van der Waals surface area (Å²) >= 11 is 5.58. The number of carbonyl (C=O) groups excluding carboxylic acids is 4. The Hall–Kier alpha value is -8.08. The number of ether oxygens (including phenoxy) is 4. The first kappa shape index (κ1) is 54.3. The summed E-state index contributed by atoms with van der Waals surface area (Å²) in [6.07, 6.45) is -9.32. The Balaban J connectivity index is 0.000000204. The van der Waals surface area contributed by atoms with Crippen LogP contribution >= 0.6 is 11.6 Å². The lowest BCUT2D eigenvalue weighted by atomic mass is 10.0. The number of nitrogens with two attached hydrogens (primary N) is 3. The molecule has 6 aromatic rings. The molecule has 12 nitrogen and oxygen atoms in total. The molecule has 73 heavy (non-hydrogen) atoms. The van der Waals surface area contributed by atoms with Gasteiger partial charge in [-0.05, 0) is 145 Å². The van der Waals surface area contributed by atoms with Gasteiger partial charge < -0.3 is 41.5 Å². The normalized spacial score (nSPS) is 13.9. The van der Waals surface area contributed by atoms with Crippen LogP contribution < -0.4 is 41.5 Å². The highest BCUT2D eigenvalue weighted by molar-refractivity contribution is 6.68. The molecule has 0 saturated heterocycles. The van der Waals surface area contributed by atoms with Gasteiger partial charge in [0.1, 0.15) is 46.1 Å². The van der Waals surface area contributed by atoms with E-state index in [4.69, 9.17) is 38.3 Å². The van der Waals surface area contributed by atoms with Crippen molar-refractivity contribution in [2.45, 2.75) is 56.9 Å². The van der Waals surface area contributed by atoms with E-state index in [0.29, 0.717) is 12.6 Å². The molecule has 0 radical (unpaired) electrons. The Morgan fingerprint density at radius 1 is 0.589 bits per heavy atom. The average Bonchev–Trinajstić information content (AvgIpc) is 3.78. The number of hydrogen-bond donors (Lipinski definition) is 4. The molecule has 7 N–H and O–H groups in total. The lowest BCUT2D eigenvalue weighted by Gasteiger charge is -2.17. The molecule has 0 aliphatic heterocycles. The second kappa shape index (κ2) is 21.3. The van der Waals surface area contributed by atoms with Gasteiger partial charge in [0.2, 0.25) is 0 Å². The topological polar surface area (TPSA) is 195 Å². The first-order chi connectivity index (χ1) is 34.0. The Morgan fingerprint density at radius 2 is 1.01 bits per heavy atom. The van der Waals surface area contributed by atoms with Crippen molar-refractivity contribution in [1.82, 2.24) is 0 Å². The van der Waals surface area contributed by atoms with Crippen LogP contribution in [0.3, 0.4) is 0 Å². The molecule has 0 spiro atoms. The highest BCUT2D eigenvalue weighted by Crippen LogP contribution is 2.47. The van der Waals surface area contributed by atoms with Crippen LogP contribution in [-0.4, -0.2) is 35.4 Å². The van der Waals surface area contributed by atoms with Gasteiger partial charge in [-0.1, -0.05) is 0 Å². The predicted molar refractivity (Wildman–Crippen MR) is 241 cm³/mol. The molecular weight excluding hydrogens is 1020 g/mol. The van der Waals surface area contributed by atoms with Crippen molar-refractivity contribution in [3.05, 3.63) is 165 Å². The number of benzene rings is 6. The van der Waals surface area contributed by atoms with Crippen LogP contribution in [0.5, 0.6) is 34.5 Å². The fraction of sp³-hybridized carbons (Fsp3) is 0.184. The minimum atomic E-state index is -4.90. The maximum Gasteiger partial charge on any atom is 0.573 e. The minimum Gasteiger partial charge on any atom is -0.457 e. The Kier molecular flexibility index (Phi) is 15.9. The predicted octanol–water partition coefficient (Wildman–Crippen LogP) is 12.3. The number of alkyl halides is 9. The fourth-order valence-corrected chi connectivity index (χ4v) is 7.60. The zero-order valence-electron chi connectivity index (χ0n) is 37.3. The maximum absolute atomic E-state index is 14.4. The van der Waals surface area contributed by atoms with Gasteiger partial charge in [-0.2, -0.15) is 8.78 Å². The molecule has 0 unspecified atom stereocenters. The molecule has 8 rings (SSSR count). The summed E-state index contributed by atoms with van der Waals surface area (Å²) < 4.78 is 165. The molecule has 6 aromatic carbocycles. The molecule has 2 aliphatic carbocycles. The first-order valence-electron chi connectivity index (χ1n) is 20.9. The van der Waals surface area contributed by atoms with Crippen LogP contribution in [-0.2, 0) is 24.7 Å². The summed E-state index contributed by atoms with van der Waals surface area (Å²) in [5.74, 6) is -11.0. The number of anilines is 2. The van der Waals surface area contributed by atoms with E-state index in [0.717, 1.165) is 60.7 Å². The third-order valence-electron chi connectivity index (χ3n) is 10.5. The van der Waals surface area contributed by atoms with Gasteiger partial charge in [-0.15, -0.1) is 13.2 Å². The van der Waals surface area contributed by atoms with Crippen molar-refractivity contribution in [2.75, 3.05) is 11.1 Å². The number of hydrogen-bond acceptors (Lipinski definition) is 9. The smallest absolute Gasteiger partial charge is 0.457 e.